The van der Waals surface area contributed by atoms with Crippen molar-refractivity contribution in [1.82, 2.24) is 4.98 Å². The highest BCUT2D eigenvalue weighted by Crippen LogP contribution is 2.24. The summed E-state index contributed by atoms with van der Waals surface area (Å²) in [5, 5.41) is 3.51. The summed E-state index contributed by atoms with van der Waals surface area (Å²) in [7, 11) is 1.67. The van der Waals surface area contributed by atoms with Crippen molar-refractivity contribution in [2.24, 2.45) is 0 Å². The van der Waals surface area contributed by atoms with Crippen molar-refractivity contribution < 1.29 is 4.74 Å². The number of anilines is 1. The molecule has 3 heteroatoms. The van der Waals surface area contributed by atoms with Gasteiger partial charge in [-0.15, -0.1) is 0 Å². The molecule has 1 unspecified atom stereocenters. The van der Waals surface area contributed by atoms with E-state index in [2.05, 4.69) is 47.6 Å². The molecule has 2 rings (SSSR count). The third-order valence-corrected chi connectivity index (χ3v) is 3.33. The highest BCUT2D eigenvalue weighted by atomic mass is 16.5. The van der Waals surface area contributed by atoms with Gasteiger partial charge in [0.25, 0.3) is 0 Å². The van der Waals surface area contributed by atoms with Crippen LogP contribution in [0.3, 0.4) is 0 Å². The Morgan fingerprint density at radius 1 is 1.25 bits per heavy atom. The maximum Gasteiger partial charge on any atom is 0.160 e. The average Bonchev–Trinajstić information content (AvgIpc) is 2.46. The van der Waals surface area contributed by atoms with Crippen LogP contribution in [0.15, 0.2) is 42.6 Å². The lowest BCUT2D eigenvalue weighted by atomic mass is 10.1. The molecule has 1 aromatic carbocycles. The van der Waals surface area contributed by atoms with E-state index < -0.39 is 0 Å². The fraction of sp³-hybridized carbons (Fsp3) is 0.353. The van der Waals surface area contributed by atoms with Crippen LogP contribution in [-0.4, -0.2) is 18.1 Å². The van der Waals surface area contributed by atoms with E-state index in [0.717, 1.165) is 30.0 Å². The summed E-state index contributed by atoms with van der Waals surface area (Å²) in [5.41, 5.74) is 3.38. The smallest absolute Gasteiger partial charge is 0.160 e. The molecule has 0 saturated carbocycles. The van der Waals surface area contributed by atoms with E-state index in [-0.39, 0.29) is 0 Å². The predicted molar refractivity (Wildman–Crippen MR) is 83.4 cm³/mol. The molecule has 0 bridgehead atoms. The molecule has 0 aliphatic carbocycles. The topological polar surface area (TPSA) is 34.1 Å². The minimum absolute atomic E-state index is 0.380. The second-order valence-electron chi connectivity index (χ2n) is 5.10. The molecule has 1 N–H and O–H groups in total. The van der Waals surface area contributed by atoms with E-state index in [1.807, 2.05) is 13.0 Å². The van der Waals surface area contributed by atoms with Crippen LogP contribution in [0.1, 0.15) is 24.6 Å². The number of hydrogen-bond acceptors (Lipinski definition) is 3. The normalized spacial score (nSPS) is 11.9. The molecule has 0 aliphatic rings. The van der Waals surface area contributed by atoms with Gasteiger partial charge in [-0.05, 0) is 38.3 Å². The first-order valence-corrected chi connectivity index (χ1v) is 7.00. The van der Waals surface area contributed by atoms with E-state index in [9.17, 15) is 0 Å². The summed E-state index contributed by atoms with van der Waals surface area (Å²) in [4.78, 5) is 4.25. The maximum atomic E-state index is 5.34. The summed E-state index contributed by atoms with van der Waals surface area (Å²) in [5.74, 6) is 0.794. The number of nitrogens with zero attached hydrogens (tertiary/aromatic N) is 1. The Bertz CT molecular complexity index is 540. The van der Waals surface area contributed by atoms with Crippen molar-refractivity contribution in [3.63, 3.8) is 0 Å². The van der Waals surface area contributed by atoms with E-state index in [1.54, 1.807) is 13.3 Å². The summed E-state index contributed by atoms with van der Waals surface area (Å²) in [6.45, 7) is 4.18. The van der Waals surface area contributed by atoms with Gasteiger partial charge in [0.2, 0.25) is 0 Å². The van der Waals surface area contributed by atoms with Gasteiger partial charge in [-0.25, -0.2) is 0 Å². The van der Waals surface area contributed by atoms with Crippen molar-refractivity contribution in [2.75, 3.05) is 12.4 Å². The Hall–Kier alpha value is -2.03. The van der Waals surface area contributed by atoms with E-state index in [1.165, 1.54) is 5.56 Å². The van der Waals surface area contributed by atoms with Gasteiger partial charge in [0.05, 0.1) is 19.0 Å². The highest BCUT2D eigenvalue weighted by molar-refractivity contribution is 5.56. The molecule has 1 atom stereocenters. The zero-order valence-corrected chi connectivity index (χ0v) is 12.4. The third-order valence-electron chi connectivity index (χ3n) is 3.33. The summed E-state index contributed by atoms with van der Waals surface area (Å²) < 4.78 is 5.34. The van der Waals surface area contributed by atoms with Crippen molar-refractivity contribution >= 4 is 5.69 Å². The number of pyridine rings is 1. The molecule has 0 spiro atoms. The van der Waals surface area contributed by atoms with Gasteiger partial charge >= 0.3 is 0 Å². The van der Waals surface area contributed by atoms with Crippen molar-refractivity contribution in [3.05, 3.63) is 53.9 Å². The zero-order chi connectivity index (χ0) is 14.4. The van der Waals surface area contributed by atoms with E-state index >= 15 is 0 Å². The SMILES string of the molecule is COc1cnc(C)cc1NC(C)CCc1ccccc1. The second-order valence-corrected chi connectivity index (χ2v) is 5.10. The number of ether oxygens (including phenoxy) is 1. The summed E-state index contributed by atoms with van der Waals surface area (Å²) in [6, 6.07) is 13.0. The number of hydrogen-bond donors (Lipinski definition) is 1. The molecule has 0 aliphatic heterocycles. The molecule has 3 nitrogen and oxygen atoms in total. The van der Waals surface area contributed by atoms with E-state index in [0.29, 0.717) is 6.04 Å². The van der Waals surface area contributed by atoms with Gasteiger partial charge in [-0.1, -0.05) is 30.3 Å². The largest absolute Gasteiger partial charge is 0.493 e. The first-order chi connectivity index (χ1) is 9.69. The lowest BCUT2D eigenvalue weighted by molar-refractivity contribution is 0.414. The minimum atomic E-state index is 0.380. The molecule has 1 aromatic heterocycles. The van der Waals surface area contributed by atoms with Crippen molar-refractivity contribution in [1.29, 1.82) is 0 Å². The van der Waals surface area contributed by atoms with Gasteiger partial charge in [-0.2, -0.15) is 0 Å². The van der Waals surface area contributed by atoms with Crippen LogP contribution in [0.2, 0.25) is 0 Å². The summed E-state index contributed by atoms with van der Waals surface area (Å²) >= 11 is 0. The first-order valence-electron chi connectivity index (χ1n) is 7.00. The molecule has 20 heavy (non-hydrogen) atoms. The number of nitrogens with one attached hydrogen (secondary N) is 1. The lowest BCUT2D eigenvalue weighted by Gasteiger charge is -2.17. The molecule has 0 radical (unpaired) electrons. The van der Waals surface area contributed by atoms with Gasteiger partial charge in [-0.3, -0.25) is 4.98 Å². The fourth-order valence-corrected chi connectivity index (χ4v) is 2.19. The number of aromatic nitrogens is 1. The summed E-state index contributed by atoms with van der Waals surface area (Å²) in [6.07, 6.45) is 3.91. The fourth-order valence-electron chi connectivity index (χ4n) is 2.19. The van der Waals surface area contributed by atoms with Crippen LogP contribution in [0.4, 0.5) is 5.69 Å². The van der Waals surface area contributed by atoms with Crippen LogP contribution in [0.5, 0.6) is 5.75 Å². The Kier molecular flexibility index (Phi) is 4.99. The molecular formula is C17H22N2O. The minimum Gasteiger partial charge on any atom is -0.493 e. The number of rotatable bonds is 6. The lowest BCUT2D eigenvalue weighted by Crippen LogP contribution is -2.16. The number of benzene rings is 1. The van der Waals surface area contributed by atoms with E-state index in [4.69, 9.17) is 4.74 Å². The van der Waals surface area contributed by atoms with Crippen LogP contribution in [0.25, 0.3) is 0 Å². The van der Waals surface area contributed by atoms with Crippen molar-refractivity contribution in [3.8, 4) is 5.75 Å². The molecule has 0 fully saturated rings. The van der Waals surface area contributed by atoms with Crippen LogP contribution >= 0.6 is 0 Å². The van der Waals surface area contributed by atoms with Crippen molar-refractivity contribution in [2.45, 2.75) is 32.7 Å². The molecule has 106 valence electrons. The average molecular weight is 270 g/mol. The number of aryl methyl sites for hydroxylation is 2. The highest BCUT2D eigenvalue weighted by Gasteiger charge is 2.08. The van der Waals surface area contributed by atoms with Gasteiger partial charge in [0, 0.05) is 11.7 Å². The van der Waals surface area contributed by atoms with Crippen LogP contribution in [-0.2, 0) is 6.42 Å². The first kappa shape index (κ1) is 14.4. The standard InChI is InChI=1S/C17H22N2O/c1-13(9-10-15-7-5-4-6-8-15)19-16-11-14(2)18-12-17(16)20-3/h4-8,11-13H,9-10H2,1-3H3,(H,18,19). The predicted octanol–water partition coefficient (Wildman–Crippen LogP) is 3.83. The zero-order valence-electron chi connectivity index (χ0n) is 12.4. The van der Waals surface area contributed by atoms with Crippen LogP contribution < -0.4 is 10.1 Å². The maximum absolute atomic E-state index is 5.34. The molecule has 2 aromatic rings. The number of methoxy groups -OCH3 is 1. The van der Waals surface area contributed by atoms with Crippen LogP contribution in [0, 0.1) is 6.92 Å². The Balaban J connectivity index is 1.94. The molecular weight excluding hydrogens is 248 g/mol. The van der Waals surface area contributed by atoms with Gasteiger partial charge < -0.3 is 10.1 Å². The monoisotopic (exact) mass is 270 g/mol. The molecule has 1 heterocycles. The second kappa shape index (κ2) is 6.94. The van der Waals surface area contributed by atoms with Gasteiger partial charge in [0.1, 0.15) is 0 Å². The Morgan fingerprint density at radius 2 is 2.00 bits per heavy atom. The molecule has 0 saturated heterocycles. The third kappa shape index (κ3) is 3.98. The quantitative estimate of drug-likeness (QED) is 0.866. The Morgan fingerprint density at radius 3 is 2.70 bits per heavy atom. The Labute approximate surface area is 121 Å². The molecule has 0 amide bonds. The van der Waals surface area contributed by atoms with Gasteiger partial charge in [0.15, 0.2) is 5.75 Å².